The van der Waals surface area contributed by atoms with Crippen LogP contribution in [0.15, 0.2) is 120 Å². The van der Waals surface area contributed by atoms with Gasteiger partial charge in [-0.2, -0.15) is 10.5 Å². The van der Waals surface area contributed by atoms with Crippen LogP contribution in [-0.4, -0.2) is 31.3 Å². The third-order valence-corrected chi connectivity index (χ3v) is 9.63. The first-order chi connectivity index (χ1) is 31.3. The third kappa shape index (κ3) is 15.4. The monoisotopic (exact) mass is 870 g/mol. The lowest BCUT2D eigenvalue weighted by atomic mass is 10.1. The molecule has 0 aliphatic heterocycles. The van der Waals surface area contributed by atoms with Gasteiger partial charge in [-0.15, -0.1) is 0 Å². The Morgan fingerprint density at radius 2 is 0.954 bits per heavy atom. The van der Waals surface area contributed by atoms with Crippen molar-refractivity contribution in [3.63, 3.8) is 0 Å². The molecule has 12 heteroatoms. The van der Waals surface area contributed by atoms with Crippen LogP contribution in [0.2, 0.25) is 0 Å². The molecular formula is C53H54N6O6. The molecule has 0 fully saturated rings. The average Bonchev–Trinajstić information content (AvgIpc) is 3.28. The van der Waals surface area contributed by atoms with Crippen molar-refractivity contribution in [2.75, 3.05) is 0 Å². The number of carbonyl (C=O) groups is 1. The Morgan fingerprint density at radius 1 is 0.554 bits per heavy atom. The number of pyridine rings is 4. The van der Waals surface area contributed by atoms with Crippen LogP contribution in [0.4, 0.5) is 0 Å². The smallest absolute Gasteiger partial charge is 0.266 e. The molecule has 0 aliphatic rings. The Balaban J connectivity index is 0.000000193. The minimum atomic E-state index is -0.301. The standard InChI is InChI=1S/C15H14N2O.C15H17NO2.C15H15NO2.C8H8N2O/c1-11-8-12(2)17-15(14(11)9-16)18-10-13-6-4-3-5-7-13;2*1-11-8-12(2)16-15(14(11)9-17)18-10-13-6-4-3-5-7-13;1-5-3-6(2)10-8(11)7(5)4-9/h3-8H,10H2,1-2H3;3-8,17H,9-10H2,1-2H3;3-9H,10H2,1-2H3;3H,1-2H3,(H,10,11). The van der Waals surface area contributed by atoms with Crippen LogP contribution < -0.4 is 19.8 Å². The van der Waals surface area contributed by atoms with E-state index in [1.807, 2.05) is 157 Å². The van der Waals surface area contributed by atoms with Gasteiger partial charge >= 0.3 is 0 Å². The van der Waals surface area contributed by atoms with Gasteiger partial charge in [-0.1, -0.05) is 91.0 Å². The van der Waals surface area contributed by atoms with Gasteiger partial charge in [0.15, 0.2) is 6.29 Å². The summed E-state index contributed by atoms with van der Waals surface area (Å²) in [7, 11) is 0. The summed E-state index contributed by atoms with van der Waals surface area (Å²) in [5, 5.41) is 27.0. The number of nitriles is 2. The van der Waals surface area contributed by atoms with Crippen LogP contribution in [-0.2, 0) is 26.4 Å². The molecule has 0 spiro atoms. The second-order valence-electron chi connectivity index (χ2n) is 15.1. The lowest BCUT2D eigenvalue weighted by molar-refractivity contribution is 0.111. The van der Waals surface area contributed by atoms with E-state index < -0.39 is 0 Å². The fourth-order valence-corrected chi connectivity index (χ4v) is 6.42. The van der Waals surface area contributed by atoms with E-state index in [1.165, 1.54) is 0 Å². The molecule has 4 aromatic heterocycles. The molecule has 4 heterocycles. The highest BCUT2D eigenvalue weighted by Gasteiger charge is 2.12. The number of aromatic nitrogens is 4. The molecule has 3 aromatic carbocycles. The number of aldehydes is 1. The molecular weight excluding hydrogens is 817 g/mol. The van der Waals surface area contributed by atoms with Gasteiger partial charge in [-0.3, -0.25) is 9.59 Å². The second kappa shape index (κ2) is 25.2. The summed E-state index contributed by atoms with van der Waals surface area (Å²) in [6.45, 7) is 16.2. The predicted molar refractivity (Wildman–Crippen MR) is 251 cm³/mol. The van der Waals surface area contributed by atoms with Crippen molar-refractivity contribution < 1.29 is 24.1 Å². The quantitative estimate of drug-likeness (QED) is 0.118. The number of aryl methyl sites for hydroxylation is 8. The minimum Gasteiger partial charge on any atom is -0.473 e. The van der Waals surface area contributed by atoms with Crippen molar-refractivity contribution in [3.8, 4) is 29.8 Å². The fourth-order valence-electron chi connectivity index (χ4n) is 6.42. The van der Waals surface area contributed by atoms with E-state index in [1.54, 1.807) is 19.9 Å². The highest BCUT2D eigenvalue weighted by atomic mass is 16.5. The number of aromatic amines is 1. The summed E-state index contributed by atoms with van der Waals surface area (Å²) in [5.41, 5.74) is 11.8. The van der Waals surface area contributed by atoms with E-state index in [9.17, 15) is 14.7 Å². The van der Waals surface area contributed by atoms with E-state index in [-0.39, 0.29) is 17.7 Å². The van der Waals surface area contributed by atoms with Crippen molar-refractivity contribution in [2.24, 2.45) is 0 Å². The summed E-state index contributed by atoms with van der Waals surface area (Å²) in [5.74, 6) is 1.35. The van der Waals surface area contributed by atoms with Crippen LogP contribution in [0.3, 0.4) is 0 Å². The first-order valence-electron chi connectivity index (χ1n) is 20.8. The highest BCUT2D eigenvalue weighted by molar-refractivity contribution is 5.80. The van der Waals surface area contributed by atoms with Gasteiger partial charge in [0.1, 0.15) is 43.1 Å². The highest BCUT2D eigenvalue weighted by Crippen LogP contribution is 2.23. The zero-order valence-electron chi connectivity index (χ0n) is 38.1. The topological polar surface area (TPSA) is 184 Å². The number of hydrogen-bond acceptors (Lipinski definition) is 11. The molecule has 0 saturated carbocycles. The number of rotatable bonds is 11. The maximum absolute atomic E-state index is 11.1. The summed E-state index contributed by atoms with van der Waals surface area (Å²) in [6, 6.07) is 41.0. The van der Waals surface area contributed by atoms with Crippen LogP contribution in [0.5, 0.6) is 17.6 Å². The summed E-state index contributed by atoms with van der Waals surface area (Å²) in [6.07, 6.45) is 0.794. The van der Waals surface area contributed by atoms with Gasteiger partial charge in [0.2, 0.25) is 17.6 Å². The molecule has 332 valence electrons. The Hall–Kier alpha value is -7.93. The lowest BCUT2D eigenvalue weighted by Crippen LogP contribution is -2.12. The number of nitrogens with one attached hydrogen (secondary N) is 1. The fraction of sp³-hybridized carbons (Fsp3) is 0.226. The number of carbonyl (C=O) groups excluding carboxylic acids is 1. The molecule has 0 saturated heterocycles. The van der Waals surface area contributed by atoms with E-state index in [2.05, 4.69) is 26.0 Å². The van der Waals surface area contributed by atoms with Gasteiger partial charge in [0, 0.05) is 28.3 Å². The van der Waals surface area contributed by atoms with E-state index in [0.29, 0.717) is 48.6 Å². The first-order valence-corrected chi connectivity index (χ1v) is 20.8. The van der Waals surface area contributed by atoms with Crippen LogP contribution in [0.1, 0.15) is 88.8 Å². The normalized spacial score (nSPS) is 9.95. The maximum atomic E-state index is 11.1. The number of aliphatic hydroxyl groups excluding tert-OH is 1. The largest absolute Gasteiger partial charge is 0.473 e. The molecule has 0 radical (unpaired) electrons. The number of ether oxygens (including phenoxy) is 3. The third-order valence-electron chi connectivity index (χ3n) is 9.63. The van der Waals surface area contributed by atoms with Crippen molar-refractivity contribution in [3.05, 3.63) is 210 Å². The molecule has 0 bridgehead atoms. The minimum absolute atomic E-state index is 0.0523. The van der Waals surface area contributed by atoms with Crippen LogP contribution in [0.25, 0.3) is 0 Å². The van der Waals surface area contributed by atoms with Crippen LogP contribution >= 0.6 is 0 Å². The molecule has 0 aliphatic carbocycles. The molecule has 2 N–H and O–H groups in total. The van der Waals surface area contributed by atoms with Crippen molar-refractivity contribution in [1.82, 2.24) is 19.9 Å². The Kier molecular flexibility index (Phi) is 19.3. The number of aliphatic hydroxyl groups is 1. The predicted octanol–water partition coefficient (Wildman–Crippen LogP) is 9.87. The molecule has 7 aromatic rings. The van der Waals surface area contributed by atoms with Crippen molar-refractivity contribution in [1.29, 1.82) is 10.5 Å². The molecule has 12 nitrogen and oxygen atoms in total. The number of nitrogens with zero attached hydrogens (tertiary/aromatic N) is 5. The summed E-state index contributed by atoms with van der Waals surface area (Å²) < 4.78 is 17.0. The van der Waals surface area contributed by atoms with Crippen molar-refractivity contribution in [2.45, 2.75) is 81.8 Å². The molecule has 0 atom stereocenters. The molecule has 65 heavy (non-hydrogen) atoms. The van der Waals surface area contributed by atoms with Crippen LogP contribution in [0, 0.1) is 78.1 Å². The van der Waals surface area contributed by atoms with E-state index in [0.717, 1.165) is 73.6 Å². The molecule has 0 amide bonds. The number of hydrogen-bond donors (Lipinski definition) is 2. The van der Waals surface area contributed by atoms with Gasteiger partial charge in [0.25, 0.3) is 5.56 Å². The lowest BCUT2D eigenvalue weighted by Gasteiger charge is -2.12. The zero-order chi connectivity index (χ0) is 47.3. The number of benzene rings is 3. The number of H-pyrrole nitrogens is 1. The van der Waals surface area contributed by atoms with E-state index >= 15 is 0 Å². The summed E-state index contributed by atoms with van der Waals surface area (Å²) >= 11 is 0. The average molecular weight is 871 g/mol. The van der Waals surface area contributed by atoms with E-state index in [4.69, 9.17) is 24.7 Å². The first kappa shape index (κ1) is 49.7. The zero-order valence-corrected chi connectivity index (χ0v) is 38.1. The Bertz CT molecular complexity index is 2800. The second-order valence-corrected chi connectivity index (χ2v) is 15.1. The van der Waals surface area contributed by atoms with Gasteiger partial charge in [0.05, 0.1) is 12.2 Å². The molecule has 0 unspecified atom stereocenters. The Labute approximate surface area is 380 Å². The van der Waals surface area contributed by atoms with Crippen molar-refractivity contribution >= 4 is 6.29 Å². The SMILES string of the molecule is Cc1cc(C)c(C#N)c(=O)[nH]1.Cc1cc(C)c(C#N)c(OCc2ccccc2)n1.Cc1cc(C)c(C=O)c(OCc2ccccc2)n1.Cc1cc(C)c(CO)c(OCc2ccccc2)n1. The van der Waals surface area contributed by atoms with Gasteiger partial charge in [-0.25, -0.2) is 15.0 Å². The molecule has 7 rings (SSSR count). The Morgan fingerprint density at radius 3 is 1.40 bits per heavy atom. The summed E-state index contributed by atoms with van der Waals surface area (Å²) in [4.78, 5) is 37.5. The van der Waals surface area contributed by atoms with Gasteiger partial charge in [-0.05, 0) is 119 Å². The van der Waals surface area contributed by atoms with Gasteiger partial charge < -0.3 is 24.3 Å². The maximum Gasteiger partial charge on any atom is 0.266 e.